The summed E-state index contributed by atoms with van der Waals surface area (Å²) < 4.78 is 56.9. The largest absolute Gasteiger partial charge is 0.497 e. The van der Waals surface area contributed by atoms with Crippen LogP contribution < -0.4 is 9.47 Å². The third-order valence-electron chi connectivity index (χ3n) is 3.59. The number of ether oxygens (including phenoxy) is 2. The Bertz CT molecular complexity index is 733. The second-order valence-corrected chi connectivity index (χ2v) is 4.77. The minimum absolute atomic E-state index is 0.239. The van der Waals surface area contributed by atoms with E-state index < -0.39 is 13.7 Å². The smallest absolute Gasteiger partial charge is 0.118 e. The van der Waals surface area contributed by atoms with Gasteiger partial charge >= 0.3 is 0 Å². The van der Waals surface area contributed by atoms with Gasteiger partial charge in [0.2, 0.25) is 0 Å². The van der Waals surface area contributed by atoms with Crippen LogP contribution in [0, 0.1) is 0 Å². The highest BCUT2D eigenvalue weighted by Crippen LogP contribution is 2.32. The predicted molar refractivity (Wildman–Crippen MR) is 93.4 cm³/mol. The lowest BCUT2D eigenvalue weighted by Gasteiger charge is -2.15. The van der Waals surface area contributed by atoms with E-state index in [1.54, 1.807) is 62.8 Å². The molecule has 2 aromatic rings. The van der Waals surface area contributed by atoms with Crippen LogP contribution in [0.1, 0.15) is 45.9 Å². The Morgan fingerprint density at radius 3 is 1.36 bits per heavy atom. The Balaban J connectivity index is 2.69. The van der Waals surface area contributed by atoms with Gasteiger partial charge in [0, 0.05) is 8.22 Å². The number of hydrogen-bond donors (Lipinski definition) is 0. The van der Waals surface area contributed by atoms with E-state index in [0.717, 1.165) is 0 Å². The Morgan fingerprint density at radius 2 is 1.09 bits per heavy atom. The Hall–Kier alpha value is -2.22. The van der Waals surface area contributed by atoms with Gasteiger partial charge in [0.25, 0.3) is 0 Å². The SMILES string of the molecule is [2H]C([2H])([2H])C/C(=C(\CC([2H])([2H])[2H])c1ccc(OC)cc1)c1ccc(OC)cc1. The summed E-state index contributed by atoms with van der Waals surface area (Å²) in [6.07, 6.45) is -0.479. The average molecular weight is 302 g/mol. The first-order valence-corrected chi connectivity index (χ1v) is 7.03. The Kier molecular flexibility index (Phi) is 3.40. The van der Waals surface area contributed by atoms with Gasteiger partial charge in [-0.15, -0.1) is 0 Å². The minimum atomic E-state index is -2.25. The monoisotopic (exact) mass is 302 g/mol. The maximum atomic E-state index is 7.75. The highest BCUT2D eigenvalue weighted by atomic mass is 16.5. The molecule has 0 aliphatic rings. The lowest BCUT2D eigenvalue weighted by Crippen LogP contribution is -1.93. The van der Waals surface area contributed by atoms with E-state index in [-0.39, 0.29) is 12.8 Å². The van der Waals surface area contributed by atoms with E-state index in [1.807, 2.05) is 0 Å². The second-order valence-electron chi connectivity index (χ2n) is 4.77. The van der Waals surface area contributed by atoms with Crippen LogP contribution in [0.3, 0.4) is 0 Å². The number of methoxy groups -OCH3 is 2. The fourth-order valence-electron chi connectivity index (χ4n) is 2.35. The molecular weight excluding hydrogens is 272 g/mol. The molecule has 2 rings (SSSR count). The highest BCUT2D eigenvalue weighted by Gasteiger charge is 2.09. The summed E-state index contributed by atoms with van der Waals surface area (Å²) >= 11 is 0. The zero-order valence-electron chi connectivity index (χ0n) is 18.8. The topological polar surface area (TPSA) is 18.5 Å². The van der Waals surface area contributed by atoms with Gasteiger partial charge in [-0.2, -0.15) is 0 Å². The van der Waals surface area contributed by atoms with Gasteiger partial charge in [-0.3, -0.25) is 0 Å². The molecule has 2 aromatic carbocycles. The molecule has 0 aromatic heterocycles. The van der Waals surface area contributed by atoms with Crippen LogP contribution in [0.4, 0.5) is 0 Å². The van der Waals surface area contributed by atoms with E-state index in [1.165, 1.54) is 0 Å². The molecule has 0 aliphatic carbocycles. The molecule has 0 N–H and O–H groups in total. The van der Waals surface area contributed by atoms with Gasteiger partial charge in [-0.25, -0.2) is 0 Å². The molecular formula is C20H24O2. The molecule has 2 heteroatoms. The first-order chi connectivity index (χ1) is 13.0. The normalized spacial score (nSPS) is 17.0. The van der Waals surface area contributed by atoms with Gasteiger partial charge in [-0.1, -0.05) is 38.0 Å². The average Bonchev–Trinajstić information content (AvgIpc) is 2.63. The fraction of sp³-hybridized carbons (Fsp3) is 0.300. The molecule has 0 radical (unpaired) electrons. The second kappa shape index (κ2) is 7.69. The minimum Gasteiger partial charge on any atom is -0.497 e. The van der Waals surface area contributed by atoms with Crippen molar-refractivity contribution in [2.45, 2.75) is 26.5 Å². The molecule has 22 heavy (non-hydrogen) atoms. The summed E-state index contributed by atoms with van der Waals surface area (Å²) in [7, 11) is 3.09. The van der Waals surface area contributed by atoms with Crippen LogP contribution in [0.15, 0.2) is 48.5 Å². The lowest BCUT2D eigenvalue weighted by atomic mass is 9.91. The maximum absolute atomic E-state index is 7.75. The first kappa shape index (κ1) is 9.73. The van der Waals surface area contributed by atoms with Crippen molar-refractivity contribution in [2.75, 3.05) is 14.2 Å². The summed E-state index contributed by atoms with van der Waals surface area (Å²) in [5, 5.41) is 0. The zero-order valence-corrected chi connectivity index (χ0v) is 12.8. The first-order valence-electron chi connectivity index (χ1n) is 10.0. The predicted octanol–water partition coefficient (Wildman–Crippen LogP) is 5.43. The molecule has 0 saturated carbocycles. The third kappa shape index (κ3) is 3.51. The summed E-state index contributed by atoms with van der Waals surface area (Å²) in [6.45, 7) is -4.50. The third-order valence-corrected chi connectivity index (χ3v) is 3.59. The van der Waals surface area contributed by atoms with Gasteiger partial charge in [-0.05, 0) is 59.4 Å². The molecule has 0 saturated heterocycles. The molecule has 2 nitrogen and oxygen atoms in total. The number of allylic oxidation sites excluding steroid dienone is 2. The molecule has 0 fully saturated rings. The van der Waals surface area contributed by atoms with Gasteiger partial charge in [0.1, 0.15) is 11.5 Å². The van der Waals surface area contributed by atoms with Crippen LogP contribution in [-0.2, 0) is 0 Å². The fourth-order valence-corrected chi connectivity index (χ4v) is 2.35. The van der Waals surface area contributed by atoms with Crippen molar-refractivity contribution >= 4 is 11.1 Å². The quantitative estimate of drug-likeness (QED) is 0.662. The highest BCUT2D eigenvalue weighted by molar-refractivity contribution is 5.90. The standard InChI is InChI=1S/C20H24O2/c1-5-19(15-7-11-17(21-3)12-8-15)20(6-2)16-9-13-18(22-4)14-10-16/h7-14H,5-6H2,1-4H3/b20-19-/i1D3,2D3. The van der Waals surface area contributed by atoms with E-state index in [0.29, 0.717) is 33.8 Å². The van der Waals surface area contributed by atoms with Gasteiger partial charge in [0.05, 0.1) is 14.2 Å². The van der Waals surface area contributed by atoms with E-state index in [4.69, 9.17) is 17.7 Å². The van der Waals surface area contributed by atoms with Crippen LogP contribution >= 0.6 is 0 Å². The van der Waals surface area contributed by atoms with E-state index >= 15 is 0 Å². The summed E-state index contributed by atoms with van der Waals surface area (Å²) in [5.41, 5.74) is 2.30. The van der Waals surface area contributed by atoms with Crippen molar-refractivity contribution in [1.29, 1.82) is 0 Å². The molecule has 0 unspecified atom stereocenters. The maximum Gasteiger partial charge on any atom is 0.118 e. The molecule has 0 heterocycles. The van der Waals surface area contributed by atoms with Crippen LogP contribution in [0.5, 0.6) is 11.5 Å². The summed E-state index contributed by atoms with van der Waals surface area (Å²) in [4.78, 5) is 0. The van der Waals surface area contributed by atoms with Gasteiger partial charge in [0.15, 0.2) is 0 Å². The van der Waals surface area contributed by atoms with E-state index in [9.17, 15) is 0 Å². The van der Waals surface area contributed by atoms with Crippen LogP contribution in [-0.4, -0.2) is 14.2 Å². The van der Waals surface area contributed by atoms with Crippen molar-refractivity contribution in [1.82, 2.24) is 0 Å². The molecule has 0 spiro atoms. The van der Waals surface area contributed by atoms with E-state index in [2.05, 4.69) is 0 Å². The van der Waals surface area contributed by atoms with Crippen molar-refractivity contribution in [3.63, 3.8) is 0 Å². The molecule has 0 aliphatic heterocycles. The molecule has 0 atom stereocenters. The number of benzene rings is 2. The number of hydrogen-bond acceptors (Lipinski definition) is 2. The van der Waals surface area contributed by atoms with Crippen molar-refractivity contribution in [2.24, 2.45) is 0 Å². The van der Waals surface area contributed by atoms with Crippen molar-refractivity contribution in [3.8, 4) is 11.5 Å². The number of rotatable bonds is 6. The summed E-state index contributed by atoms with van der Waals surface area (Å²) in [6, 6.07) is 13.9. The van der Waals surface area contributed by atoms with Crippen molar-refractivity contribution in [3.05, 3.63) is 59.7 Å². The molecule has 116 valence electrons. The van der Waals surface area contributed by atoms with Crippen LogP contribution in [0.25, 0.3) is 11.1 Å². The molecule has 0 amide bonds. The van der Waals surface area contributed by atoms with Crippen molar-refractivity contribution < 1.29 is 17.7 Å². The Morgan fingerprint density at radius 1 is 0.727 bits per heavy atom. The summed E-state index contributed by atoms with van der Waals surface area (Å²) in [5.74, 6) is 1.28. The molecule has 0 bridgehead atoms. The van der Waals surface area contributed by atoms with Gasteiger partial charge < -0.3 is 9.47 Å². The lowest BCUT2D eigenvalue weighted by molar-refractivity contribution is 0.414. The van der Waals surface area contributed by atoms with Crippen LogP contribution in [0.2, 0.25) is 0 Å². The Labute approximate surface area is 141 Å². The zero-order chi connectivity index (χ0) is 20.9.